The van der Waals surface area contributed by atoms with Gasteiger partial charge in [0.25, 0.3) is 0 Å². The summed E-state index contributed by atoms with van der Waals surface area (Å²) in [6.07, 6.45) is 3.79. The van der Waals surface area contributed by atoms with Crippen molar-refractivity contribution in [3.05, 3.63) is 0 Å². The maximum atomic E-state index is 5.54. The highest BCUT2D eigenvalue weighted by atomic mass is 16.5. The minimum absolute atomic E-state index is 0.727. The molecule has 0 saturated carbocycles. The molecule has 0 spiro atoms. The molecule has 1 saturated heterocycles. The van der Waals surface area contributed by atoms with E-state index in [1.54, 1.807) is 7.11 Å². The lowest BCUT2D eigenvalue weighted by atomic mass is 10.1. The molecule has 1 rings (SSSR count). The van der Waals surface area contributed by atoms with E-state index < -0.39 is 0 Å². The fraction of sp³-hybridized carbons (Fsp3) is 1.00. The van der Waals surface area contributed by atoms with E-state index in [2.05, 4.69) is 4.90 Å². The van der Waals surface area contributed by atoms with Crippen LogP contribution in [0, 0.1) is 0 Å². The molecule has 3 heteroatoms. The van der Waals surface area contributed by atoms with Crippen molar-refractivity contribution in [3.63, 3.8) is 0 Å². The lowest BCUT2D eigenvalue weighted by molar-refractivity contribution is 0.139. The van der Waals surface area contributed by atoms with Crippen molar-refractivity contribution >= 4 is 0 Å². The van der Waals surface area contributed by atoms with Gasteiger partial charge in [0.1, 0.15) is 0 Å². The van der Waals surface area contributed by atoms with Crippen molar-refractivity contribution in [2.24, 2.45) is 5.73 Å². The van der Waals surface area contributed by atoms with E-state index in [1.165, 1.54) is 19.4 Å². The Labute approximate surface area is 74.9 Å². The van der Waals surface area contributed by atoms with E-state index in [9.17, 15) is 0 Å². The van der Waals surface area contributed by atoms with Crippen LogP contribution < -0.4 is 5.73 Å². The third kappa shape index (κ3) is 2.73. The number of methoxy groups -OCH3 is 1. The molecule has 1 atom stereocenters. The average Bonchev–Trinajstić information content (AvgIpc) is 2.50. The monoisotopic (exact) mass is 172 g/mol. The second-order valence-corrected chi connectivity index (χ2v) is 3.40. The first-order chi connectivity index (χ1) is 5.88. The zero-order valence-corrected chi connectivity index (χ0v) is 7.96. The summed E-state index contributed by atoms with van der Waals surface area (Å²) >= 11 is 0. The van der Waals surface area contributed by atoms with Gasteiger partial charge in [0, 0.05) is 19.7 Å². The van der Waals surface area contributed by atoms with Crippen molar-refractivity contribution in [2.75, 3.05) is 33.4 Å². The zero-order chi connectivity index (χ0) is 8.81. The van der Waals surface area contributed by atoms with Crippen LogP contribution in [0.2, 0.25) is 0 Å². The largest absolute Gasteiger partial charge is 0.383 e. The molecule has 0 aliphatic carbocycles. The van der Waals surface area contributed by atoms with Crippen LogP contribution in [-0.4, -0.2) is 44.3 Å². The van der Waals surface area contributed by atoms with Crippen molar-refractivity contribution < 1.29 is 4.74 Å². The van der Waals surface area contributed by atoms with E-state index in [4.69, 9.17) is 10.5 Å². The molecule has 72 valence electrons. The molecule has 1 heterocycles. The third-order valence-corrected chi connectivity index (χ3v) is 2.58. The van der Waals surface area contributed by atoms with E-state index in [0.717, 1.165) is 32.2 Å². The van der Waals surface area contributed by atoms with E-state index in [-0.39, 0.29) is 0 Å². The molecule has 1 unspecified atom stereocenters. The van der Waals surface area contributed by atoms with Crippen LogP contribution in [0.1, 0.15) is 19.3 Å². The van der Waals surface area contributed by atoms with Gasteiger partial charge < -0.3 is 10.5 Å². The minimum Gasteiger partial charge on any atom is -0.383 e. The summed E-state index contributed by atoms with van der Waals surface area (Å²) in [6.45, 7) is 3.96. The Morgan fingerprint density at radius 2 is 2.42 bits per heavy atom. The van der Waals surface area contributed by atoms with Crippen molar-refractivity contribution in [3.8, 4) is 0 Å². The maximum absolute atomic E-state index is 5.54. The normalized spacial score (nSPS) is 25.0. The highest BCUT2D eigenvalue weighted by molar-refractivity contribution is 4.78. The van der Waals surface area contributed by atoms with Crippen molar-refractivity contribution in [1.29, 1.82) is 0 Å². The van der Waals surface area contributed by atoms with Gasteiger partial charge in [0.2, 0.25) is 0 Å². The number of hydrogen-bond donors (Lipinski definition) is 1. The maximum Gasteiger partial charge on any atom is 0.0589 e. The van der Waals surface area contributed by atoms with Crippen LogP contribution in [0.3, 0.4) is 0 Å². The van der Waals surface area contributed by atoms with Crippen LogP contribution in [0.5, 0.6) is 0 Å². The standard InChI is InChI=1S/C9H20N2O/c1-12-8-7-11-6-2-3-9(11)4-5-10/h9H,2-8,10H2,1H3. The van der Waals surface area contributed by atoms with E-state index in [0.29, 0.717) is 0 Å². The number of nitrogens with two attached hydrogens (primary N) is 1. The molecule has 0 radical (unpaired) electrons. The van der Waals surface area contributed by atoms with Crippen LogP contribution >= 0.6 is 0 Å². The van der Waals surface area contributed by atoms with Crippen molar-refractivity contribution in [1.82, 2.24) is 4.90 Å². The number of rotatable bonds is 5. The first-order valence-electron chi connectivity index (χ1n) is 4.81. The Hall–Kier alpha value is -0.120. The molecule has 12 heavy (non-hydrogen) atoms. The van der Waals surface area contributed by atoms with Gasteiger partial charge in [0.15, 0.2) is 0 Å². The Bertz CT molecular complexity index is 119. The average molecular weight is 172 g/mol. The van der Waals surface area contributed by atoms with Crippen molar-refractivity contribution in [2.45, 2.75) is 25.3 Å². The predicted octanol–water partition coefficient (Wildman–Crippen LogP) is 0.446. The summed E-state index contributed by atoms with van der Waals surface area (Å²) in [6, 6.07) is 0.727. The Balaban J connectivity index is 2.20. The fourth-order valence-corrected chi connectivity index (χ4v) is 1.92. The molecular weight excluding hydrogens is 152 g/mol. The lowest BCUT2D eigenvalue weighted by Gasteiger charge is -2.23. The second kappa shape index (κ2) is 5.51. The third-order valence-electron chi connectivity index (χ3n) is 2.58. The highest BCUT2D eigenvalue weighted by Crippen LogP contribution is 2.18. The van der Waals surface area contributed by atoms with Crippen LogP contribution in [-0.2, 0) is 4.74 Å². The SMILES string of the molecule is COCCN1CCCC1CCN. The Morgan fingerprint density at radius 3 is 3.08 bits per heavy atom. The summed E-state index contributed by atoms with van der Waals surface area (Å²) in [5.74, 6) is 0. The molecule has 0 aromatic heterocycles. The van der Waals surface area contributed by atoms with Gasteiger partial charge >= 0.3 is 0 Å². The smallest absolute Gasteiger partial charge is 0.0589 e. The molecule has 2 N–H and O–H groups in total. The molecule has 0 bridgehead atoms. The minimum atomic E-state index is 0.727. The number of ether oxygens (including phenoxy) is 1. The number of nitrogens with zero attached hydrogens (tertiary/aromatic N) is 1. The lowest BCUT2D eigenvalue weighted by Crippen LogP contribution is -2.33. The van der Waals surface area contributed by atoms with Crippen LogP contribution in [0.25, 0.3) is 0 Å². The summed E-state index contributed by atoms with van der Waals surface area (Å²) in [7, 11) is 1.76. The van der Waals surface area contributed by atoms with E-state index in [1.807, 2.05) is 0 Å². The molecule has 1 aliphatic heterocycles. The number of hydrogen-bond acceptors (Lipinski definition) is 3. The predicted molar refractivity (Wildman–Crippen MR) is 50.1 cm³/mol. The molecular formula is C9H20N2O. The summed E-state index contributed by atoms with van der Waals surface area (Å²) in [5, 5.41) is 0. The molecule has 1 fully saturated rings. The van der Waals surface area contributed by atoms with Gasteiger partial charge in [0.05, 0.1) is 6.61 Å². The summed E-state index contributed by atoms with van der Waals surface area (Å²) in [4.78, 5) is 2.50. The first kappa shape index (κ1) is 9.96. The van der Waals surface area contributed by atoms with E-state index >= 15 is 0 Å². The molecule has 0 aromatic carbocycles. The molecule has 1 aliphatic rings. The number of likely N-dealkylation sites (tertiary alicyclic amines) is 1. The second-order valence-electron chi connectivity index (χ2n) is 3.40. The van der Waals surface area contributed by atoms with Gasteiger partial charge in [-0.3, -0.25) is 4.90 Å². The topological polar surface area (TPSA) is 38.5 Å². The van der Waals surface area contributed by atoms with Gasteiger partial charge in [-0.15, -0.1) is 0 Å². The Kier molecular flexibility index (Phi) is 4.58. The molecule has 0 amide bonds. The van der Waals surface area contributed by atoms with Crippen LogP contribution in [0.15, 0.2) is 0 Å². The highest BCUT2D eigenvalue weighted by Gasteiger charge is 2.22. The molecule has 3 nitrogen and oxygen atoms in total. The first-order valence-corrected chi connectivity index (χ1v) is 4.81. The molecule has 0 aromatic rings. The summed E-state index contributed by atoms with van der Waals surface area (Å²) < 4.78 is 5.06. The van der Waals surface area contributed by atoms with Gasteiger partial charge in [-0.25, -0.2) is 0 Å². The fourth-order valence-electron chi connectivity index (χ4n) is 1.92. The quantitative estimate of drug-likeness (QED) is 0.654. The Morgan fingerprint density at radius 1 is 1.58 bits per heavy atom. The zero-order valence-electron chi connectivity index (χ0n) is 7.96. The van der Waals surface area contributed by atoms with Crippen LogP contribution in [0.4, 0.5) is 0 Å². The van der Waals surface area contributed by atoms with Gasteiger partial charge in [-0.2, -0.15) is 0 Å². The van der Waals surface area contributed by atoms with Gasteiger partial charge in [-0.05, 0) is 32.4 Å². The van der Waals surface area contributed by atoms with Gasteiger partial charge in [-0.1, -0.05) is 0 Å². The summed E-state index contributed by atoms with van der Waals surface area (Å²) in [5.41, 5.74) is 5.54.